The van der Waals surface area contributed by atoms with E-state index in [-0.39, 0.29) is 42.9 Å². The third kappa shape index (κ3) is 5.24. The maximum Gasteiger partial charge on any atom is 0.407 e. The molecular weight excluding hydrogens is 432 g/mol. The highest BCUT2D eigenvalue weighted by molar-refractivity contribution is 5.80. The van der Waals surface area contributed by atoms with Gasteiger partial charge in [-0.1, -0.05) is 62.4 Å². The van der Waals surface area contributed by atoms with Crippen LogP contribution in [0, 0.1) is 11.8 Å². The standard InChI is InChI=1S/C27H32N2O5/c1-16(2)24(14-25(30)28-18-12-11-17(13-18)26(31)32)29-27(33)34-15-23-21-9-5-3-7-19(21)20-8-4-6-10-22(20)23/h3-10,16-18,23-24H,11-15H2,1-2H3,(H,28,30)(H,29,33)(H,31,32)/t17-,18+,24+/m0/s1. The zero-order chi connectivity index (χ0) is 24.2. The maximum atomic E-state index is 12.7. The van der Waals surface area contributed by atoms with Gasteiger partial charge in [0.05, 0.1) is 5.92 Å². The van der Waals surface area contributed by atoms with Gasteiger partial charge in [0.1, 0.15) is 6.61 Å². The van der Waals surface area contributed by atoms with Gasteiger partial charge in [-0.2, -0.15) is 0 Å². The second-order valence-electron chi connectivity index (χ2n) is 9.64. The average molecular weight is 465 g/mol. The second kappa shape index (κ2) is 10.3. The number of ether oxygens (including phenoxy) is 1. The molecule has 0 unspecified atom stereocenters. The summed E-state index contributed by atoms with van der Waals surface area (Å²) in [5, 5.41) is 14.9. The van der Waals surface area contributed by atoms with Gasteiger partial charge >= 0.3 is 12.1 Å². The molecule has 1 saturated carbocycles. The van der Waals surface area contributed by atoms with E-state index in [0.29, 0.717) is 19.3 Å². The van der Waals surface area contributed by atoms with Gasteiger partial charge in [0, 0.05) is 24.4 Å². The van der Waals surface area contributed by atoms with E-state index in [2.05, 4.69) is 34.9 Å². The smallest absolute Gasteiger partial charge is 0.407 e. The Kier molecular flexibility index (Phi) is 7.20. The van der Waals surface area contributed by atoms with Gasteiger partial charge in [0.15, 0.2) is 0 Å². The molecule has 34 heavy (non-hydrogen) atoms. The van der Waals surface area contributed by atoms with Crippen molar-refractivity contribution < 1.29 is 24.2 Å². The van der Waals surface area contributed by atoms with Crippen molar-refractivity contribution in [3.8, 4) is 11.1 Å². The number of carboxylic acid groups (broad SMARTS) is 1. The molecule has 1 fully saturated rings. The zero-order valence-corrected chi connectivity index (χ0v) is 19.6. The van der Waals surface area contributed by atoms with E-state index in [0.717, 1.165) is 11.1 Å². The van der Waals surface area contributed by atoms with Crippen molar-refractivity contribution in [2.75, 3.05) is 6.61 Å². The molecule has 0 aromatic heterocycles. The number of aliphatic carboxylic acids is 1. The van der Waals surface area contributed by atoms with Crippen molar-refractivity contribution in [2.24, 2.45) is 11.8 Å². The van der Waals surface area contributed by atoms with Crippen LogP contribution in [0.1, 0.15) is 56.6 Å². The Morgan fingerprint density at radius 1 is 1.00 bits per heavy atom. The number of benzene rings is 2. The molecule has 2 aliphatic carbocycles. The van der Waals surface area contributed by atoms with Crippen molar-refractivity contribution in [1.82, 2.24) is 10.6 Å². The summed E-state index contributed by atoms with van der Waals surface area (Å²) in [6.45, 7) is 4.10. The first-order chi connectivity index (χ1) is 16.3. The summed E-state index contributed by atoms with van der Waals surface area (Å²) >= 11 is 0. The van der Waals surface area contributed by atoms with Crippen LogP contribution in [0.25, 0.3) is 11.1 Å². The first-order valence-corrected chi connectivity index (χ1v) is 12.0. The fraction of sp³-hybridized carbons (Fsp3) is 0.444. The van der Waals surface area contributed by atoms with Crippen LogP contribution in [-0.4, -0.2) is 41.8 Å². The van der Waals surface area contributed by atoms with Crippen LogP contribution in [0.3, 0.4) is 0 Å². The first-order valence-electron chi connectivity index (χ1n) is 12.0. The molecule has 0 aliphatic heterocycles. The molecule has 4 rings (SSSR count). The lowest BCUT2D eigenvalue weighted by Crippen LogP contribution is -2.44. The number of hydrogen-bond donors (Lipinski definition) is 3. The first kappa shape index (κ1) is 23.8. The van der Waals surface area contributed by atoms with E-state index in [4.69, 9.17) is 9.84 Å². The van der Waals surface area contributed by atoms with Crippen LogP contribution in [0.15, 0.2) is 48.5 Å². The third-order valence-electron chi connectivity index (χ3n) is 7.00. The number of amides is 2. The molecule has 7 heteroatoms. The molecule has 0 spiro atoms. The van der Waals surface area contributed by atoms with E-state index >= 15 is 0 Å². The Bertz CT molecular complexity index is 1020. The van der Waals surface area contributed by atoms with Crippen molar-refractivity contribution >= 4 is 18.0 Å². The molecule has 0 saturated heterocycles. The number of alkyl carbamates (subject to hydrolysis) is 1. The molecule has 0 bridgehead atoms. The van der Waals surface area contributed by atoms with Gasteiger partial charge in [-0.05, 0) is 47.4 Å². The summed E-state index contributed by atoms with van der Waals surface area (Å²) in [5.41, 5.74) is 4.63. The monoisotopic (exact) mass is 464 g/mol. The number of carboxylic acids is 1. The normalized spacial score (nSPS) is 19.9. The number of nitrogens with one attached hydrogen (secondary N) is 2. The predicted octanol–water partition coefficient (Wildman–Crippen LogP) is 4.31. The molecule has 3 N–H and O–H groups in total. The number of rotatable bonds is 8. The van der Waals surface area contributed by atoms with E-state index in [1.165, 1.54) is 11.1 Å². The summed E-state index contributed by atoms with van der Waals surface area (Å²) in [7, 11) is 0. The predicted molar refractivity (Wildman–Crippen MR) is 128 cm³/mol. The fourth-order valence-corrected chi connectivity index (χ4v) is 5.07. The molecule has 0 heterocycles. The zero-order valence-electron chi connectivity index (χ0n) is 19.6. The van der Waals surface area contributed by atoms with Gasteiger partial charge in [-0.3, -0.25) is 9.59 Å². The summed E-state index contributed by atoms with van der Waals surface area (Å²) in [5.74, 6) is -1.39. The van der Waals surface area contributed by atoms with Crippen LogP contribution in [0.4, 0.5) is 4.79 Å². The lowest BCUT2D eigenvalue weighted by molar-refractivity contribution is -0.141. The van der Waals surface area contributed by atoms with E-state index in [9.17, 15) is 14.4 Å². The van der Waals surface area contributed by atoms with Crippen LogP contribution in [0.5, 0.6) is 0 Å². The van der Waals surface area contributed by atoms with Gasteiger partial charge in [-0.25, -0.2) is 4.79 Å². The Balaban J connectivity index is 1.32. The van der Waals surface area contributed by atoms with Gasteiger partial charge in [0.2, 0.25) is 5.91 Å². The molecular formula is C27H32N2O5. The van der Waals surface area contributed by atoms with Crippen molar-refractivity contribution in [3.63, 3.8) is 0 Å². The minimum absolute atomic E-state index is 0.0245. The topological polar surface area (TPSA) is 105 Å². The molecule has 2 aliphatic rings. The molecule has 2 amide bonds. The molecule has 2 aromatic carbocycles. The second-order valence-corrected chi connectivity index (χ2v) is 9.64. The Morgan fingerprint density at radius 2 is 1.62 bits per heavy atom. The largest absolute Gasteiger partial charge is 0.481 e. The van der Waals surface area contributed by atoms with Gasteiger partial charge in [0.25, 0.3) is 0 Å². The van der Waals surface area contributed by atoms with Crippen molar-refractivity contribution in [1.29, 1.82) is 0 Å². The Labute approximate surface area is 199 Å². The SMILES string of the molecule is CC(C)[C@@H](CC(=O)N[C@@H]1CC[C@H](C(=O)O)C1)NC(=O)OCC1c2ccccc2-c2ccccc21. The highest BCUT2D eigenvalue weighted by Gasteiger charge is 2.32. The average Bonchev–Trinajstić information content (AvgIpc) is 3.40. The molecule has 2 aromatic rings. The highest BCUT2D eigenvalue weighted by Crippen LogP contribution is 2.44. The minimum Gasteiger partial charge on any atom is -0.481 e. The van der Waals surface area contributed by atoms with Crippen molar-refractivity contribution in [3.05, 3.63) is 59.7 Å². The Hall–Kier alpha value is -3.35. The van der Waals surface area contributed by atoms with E-state index < -0.39 is 18.0 Å². The third-order valence-corrected chi connectivity index (χ3v) is 7.00. The summed E-state index contributed by atoms with van der Waals surface area (Å²) in [6.07, 6.45) is 1.27. The number of fused-ring (bicyclic) bond motifs is 3. The molecule has 3 atom stereocenters. The number of hydrogen-bond acceptors (Lipinski definition) is 4. The van der Waals surface area contributed by atoms with Crippen LogP contribution in [-0.2, 0) is 14.3 Å². The summed E-state index contributed by atoms with van der Waals surface area (Å²) < 4.78 is 5.63. The molecule has 0 radical (unpaired) electrons. The minimum atomic E-state index is -0.811. The maximum absolute atomic E-state index is 12.7. The fourth-order valence-electron chi connectivity index (χ4n) is 5.07. The summed E-state index contributed by atoms with van der Waals surface area (Å²) in [6, 6.07) is 15.8. The van der Waals surface area contributed by atoms with E-state index in [1.807, 2.05) is 38.1 Å². The lowest BCUT2D eigenvalue weighted by atomic mass is 9.98. The van der Waals surface area contributed by atoms with Crippen LogP contribution < -0.4 is 10.6 Å². The number of carbonyl (C=O) groups is 3. The van der Waals surface area contributed by atoms with Gasteiger partial charge in [-0.15, -0.1) is 0 Å². The van der Waals surface area contributed by atoms with E-state index in [1.54, 1.807) is 0 Å². The van der Waals surface area contributed by atoms with Crippen LogP contribution >= 0.6 is 0 Å². The molecule has 180 valence electrons. The molecule has 7 nitrogen and oxygen atoms in total. The van der Waals surface area contributed by atoms with Crippen molar-refractivity contribution in [2.45, 2.75) is 57.5 Å². The van der Waals surface area contributed by atoms with Gasteiger partial charge < -0.3 is 20.5 Å². The number of carbonyl (C=O) groups excluding carboxylic acids is 2. The Morgan fingerprint density at radius 3 is 2.18 bits per heavy atom. The summed E-state index contributed by atoms with van der Waals surface area (Å²) in [4.78, 5) is 36.4. The lowest BCUT2D eigenvalue weighted by Gasteiger charge is -2.23. The highest BCUT2D eigenvalue weighted by atomic mass is 16.5. The quantitative estimate of drug-likeness (QED) is 0.540. The van der Waals surface area contributed by atoms with Crippen LogP contribution in [0.2, 0.25) is 0 Å².